The average molecular weight is 182 g/mol. The maximum absolute atomic E-state index is 5.63. The first-order valence-corrected chi connectivity index (χ1v) is 3.93. The second-order valence-electron chi connectivity index (χ2n) is 2.61. The molecule has 0 radical (unpaired) electrons. The number of benzene rings is 1. The molecule has 0 amide bonds. The summed E-state index contributed by atoms with van der Waals surface area (Å²) in [5, 5.41) is 0. The summed E-state index contributed by atoms with van der Waals surface area (Å²) in [6.45, 7) is 0.368. The summed E-state index contributed by atoms with van der Waals surface area (Å²) in [4.78, 5) is 0. The van der Waals surface area contributed by atoms with E-state index in [-0.39, 0.29) is 0 Å². The first kappa shape index (κ1) is 9.67. The lowest BCUT2D eigenvalue weighted by Crippen LogP contribution is -2.03. The van der Waals surface area contributed by atoms with Gasteiger partial charge >= 0.3 is 0 Å². The van der Waals surface area contributed by atoms with Gasteiger partial charge in [-0.2, -0.15) is 0 Å². The molecule has 0 bridgehead atoms. The topological polar surface area (TPSA) is 70.5 Å². The first-order chi connectivity index (χ1) is 6.22. The number of ether oxygens (including phenoxy) is 2. The Bertz CT molecular complexity index is 275. The van der Waals surface area contributed by atoms with Crippen molar-refractivity contribution in [2.75, 3.05) is 20.0 Å². The molecule has 0 unspecified atom stereocenters. The van der Waals surface area contributed by atoms with Crippen molar-refractivity contribution in [1.29, 1.82) is 0 Å². The van der Waals surface area contributed by atoms with E-state index in [1.165, 1.54) is 0 Å². The number of nitrogens with two attached hydrogens (primary N) is 2. The molecule has 1 aromatic rings. The monoisotopic (exact) mass is 182 g/mol. The van der Waals surface area contributed by atoms with Gasteiger partial charge in [-0.3, -0.25) is 0 Å². The maximum atomic E-state index is 5.63. The highest BCUT2D eigenvalue weighted by Gasteiger charge is 2.09. The van der Waals surface area contributed by atoms with Gasteiger partial charge in [0.25, 0.3) is 0 Å². The van der Waals surface area contributed by atoms with Crippen LogP contribution >= 0.6 is 0 Å². The molecule has 13 heavy (non-hydrogen) atoms. The van der Waals surface area contributed by atoms with Crippen molar-refractivity contribution < 1.29 is 9.47 Å². The van der Waals surface area contributed by atoms with Crippen molar-refractivity contribution >= 4 is 5.69 Å². The molecule has 1 aromatic carbocycles. The molecule has 0 saturated heterocycles. The molecule has 0 aromatic heterocycles. The Morgan fingerprint density at radius 2 is 1.62 bits per heavy atom. The van der Waals surface area contributed by atoms with Gasteiger partial charge in [-0.05, 0) is 0 Å². The van der Waals surface area contributed by atoms with E-state index in [1.807, 2.05) is 0 Å². The lowest BCUT2D eigenvalue weighted by atomic mass is 10.1. The Morgan fingerprint density at radius 1 is 1.15 bits per heavy atom. The quantitative estimate of drug-likeness (QED) is 0.676. The third-order valence-corrected chi connectivity index (χ3v) is 1.83. The second kappa shape index (κ2) is 4.00. The third kappa shape index (κ3) is 1.84. The lowest BCUT2D eigenvalue weighted by Gasteiger charge is -2.12. The van der Waals surface area contributed by atoms with Crippen molar-refractivity contribution in [3.63, 3.8) is 0 Å². The Morgan fingerprint density at radius 3 is 1.92 bits per heavy atom. The van der Waals surface area contributed by atoms with Gasteiger partial charge in [0.2, 0.25) is 0 Å². The van der Waals surface area contributed by atoms with Crippen LogP contribution in [0.3, 0.4) is 0 Å². The summed E-state index contributed by atoms with van der Waals surface area (Å²) in [7, 11) is 3.15. The van der Waals surface area contributed by atoms with Crippen LogP contribution in [0, 0.1) is 0 Å². The molecule has 0 heterocycles. The molecule has 0 saturated carbocycles. The highest BCUT2D eigenvalue weighted by Crippen LogP contribution is 2.30. The van der Waals surface area contributed by atoms with Gasteiger partial charge in [0.05, 0.1) is 14.2 Å². The van der Waals surface area contributed by atoms with Crippen LogP contribution in [-0.4, -0.2) is 14.2 Å². The van der Waals surface area contributed by atoms with E-state index in [4.69, 9.17) is 20.9 Å². The standard InChI is InChI=1S/C9H14N2O2/c1-12-8-3-6(11)4-9(13-2)7(8)5-10/h3-4H,5,10-11H2,1-2H3. The number of nitrogen functional groups attached to an aromatic ring is 1. The molecule has 72 valence electrons. The van der Waals surface area contributed by atoms with Gasteiger partial charge in [0.1, 0.15) is 11.5 Å². The van der Waals surface area contributed by atoms with Crippen LogP contribution in [0.25, 0.3) is 0 Å². The molecular formula is C9H14N2O2. The smallest absolute Gasteiger partial charge is 0.129 e. The van der Waals surface area contributed by atoms with E-state index in [0.29, 0.717) is 23.7 Å². The highest BCUT2D eigenvalue weighted by molar-refractivity contribution is 5.56. The van der Waals surface area contributed by atoms with E-state index < -0.39 is 0 Å². The zero-order chi connectivity index (χ0) is 9.84. The van der Waals surface area contributed by atoms with Gasteiger partial charge in [-0.15, -0.1) is 0 Å². The van der Waals surface area contributed by atoms with Gasteiger partial charge in [-0.1, -0.05) is 0 Å². The van der Waals surface area contributed by atoms with Gasteiger partial charge in [0.15, 0.2) is 0 Å². The summed E-state index contributed by atoms with van der Waals surface area (Å²) in [5.74, 6) is 1.33. The Kier molecular flexibility index (Phi) is 2.97. The Balaban J connectivity index is 3.25. The van der Waals surface area contributed by atoms with Crippen LogP contribution in [0.15, 0.2) is 12.1 Å². The first-order valence-electron chi connectivity index (χ1n) is 3.93. The molecule has 0 aliphatic rings. The van der Waals surface area contributed by atoms with E-state index in [9.17, 15) is 0 Å². The minimum atomic E-state index is 0.368. The van der Waals surface area contributed by atoms with Crippen LogP contribution in [-0.2, 0) is 6.54 Å². The number of anilines is 1. The Hall–Kier alpha value is -1.42. The van der Waals surface area contributed by atoms with Crippen LogP contribution in [0.1, 0.15) is 5.56 Å². The normalized spacial score (nSPS) is 9.77. The summed E-state index contributed by atoms with van der Waals surface area (Å²) in [5.41, 5.74) is 12.6. The largest absolute Gasteiger partial charge is 0.496 e. The van der Waals surface area contributed by atoms with E-state index in [1.54, 1.807) is 26.4 Å². The summed E-state index contributed by atoms with van der Waals surface area (Å²) in [6, 6.07) is 3.45. The minimum Gasteiger partial charge on any atom is -0.496 e. The number of hydrogen-bond acceptors (Lipinski definition) is 4. The molecule has 0 fully saturated rings. The SMILES string of the molecule is COc1cc(N)cc(OC)c1CN. The van der Waals surface area contributed by atoms with E-state index >= 15 is 0 Å². The number of hydrogen-bond donors (Lipinski definition) is 2. The fourth-order valence-corrected chi connectivity index (χ4v) is 1.21. The molecule has 0 aliphatic carbocycles. The van der Waals surface area contributed by atoms with Crippen molar-refractivity contribution in [2.45, 2.75) is 6.54 Å². The minimum absolute atomic E-state index is 0.368. The van der Waals surface area contributed by atoms with Crippen LogP contribution < -0.4 is 20.9 Å². The molecule has 4 N–H and O–H groups in total. The maximum Gasteiger partial charge on any atom is 0.129 e. The van der Waals surface area contributed by atoms with E-state index in [0.717, 1.165) is 5.56 Å². The predicted molar refractivity (Wildman–Crippen MR) is 51.8 cm³/mol. The molecule has 4 nitrogen and oxygen atoms in total. The van der Waals surface area contributed by atoms with Crippen molar-refractivity contribution in [3.8, 4) is 11.5 Å². The molecule has 4 heteroatoms. The summed E-state index contributed by atoms with van der Waals surface area (Å²) >= 11 is 0. The zero-order valence-electron chi connectivity index (χ0n) is 7.83. The molecule has 0 spiro atoms. The molecular weight excluding hydrogens is 168 g/mol. The number of methoxy groups -OCH3 is 2. The average Bonchev–Trinajstić information content (AvgIpc) is 2.16. The van der Waals surface area contributed by atoms with Crippen molar-refractivity contribution in [3.05, 3.63) is 17.7 Å². The fourth-order valence-electron chi connectivity index (χ4n) is 1.21. The zero-order valence-corrected chi connectivity index (χ0v) is 7.83. The number of rotatable bonds is 3. The summed E-state index contributed by atoms with van der Waals surface area (Å²) in [6.07, 6.45) is 0. The molecule has 0 aliphatic heterocycles. The van der Waals surface area contributed by atoms with Crippen molar-refractivity contribution in [1.82, 2.24) is 0 Å². The van der Waals surface area contributed by atoms with Gasteiger partial charge < -0.3 is 20.9 Å². The second-order valence-corrected chi connectivity index (χ2v) is 2.61. The predicted octanol–water partition coefficient (Wildman–Crippen LogP) is 0.745. The van der Waals surface area contributed by atoms with Gasteiger partial charge in [0, 0.05) is 29.9 Å². The summed E-state index contributed by atoms with van der Waals surface area (Å²) < 4.78 is 10.2. The van der Waals surface area contributed by atoms with E-state index in [2.05, 4.69) is 0 Å². The third-order valence-electron chi connectivity index (χ3n) is 1.83. The van der Waals surface area contributed by atoms with Crippen molar-refractivity contribution in [2.24, 2.45) is 5.73 Å². The Labute approximate surface area is 77.4 Å². The lowest BCUT2D eigenvalue weighted by molar-refractivity contribution is 0.386. The van der Waals surface area contributed by atoms with Crippen LogP contribution in [0.4, 0.5) is 5.69 Å². The van der Waals surface area contributed by atoms with Crippen LogP contribution in [0.2, 0.25) is 0 Å². The molecule has 0 atom stereocenters. The highest BCUT2D eigenvalue weighted by atomic mass is 16.5. The van der Waals surface area contributed by atoms with Gasteiger partial charge in [-0.25, -0.2) is 0 Å². The fraction of sp³-hybridized carbons (Fsp3) is 0.333. The molecule has 1 rings (SSSR count). The van der Waals surface area contributed by atoms with Crippen LogP contribution in [0.5, 0.6) is 11.5 Å².